The summed E-state index contributed by atoms with van der Waals surface area (Å²) in [6.45, 7) is 1.11. The van der Waals surface area contributed by atoms with Crippen molar-refractivity contribution in [2.75, 3.05) is 0 Å². The summed E-state index contributed by atoms with van der Waals surface area (Å²) in [6, 6.07) is 5.76. The highest BCUT2D eigenvalue weighted by atomic mass is 15.1. The van der Waals surface area contributed by atoms with Gasteiger partial charge in [0.15, 0.2) is 0 Å². The van der Waals surface area contributed by atoms with Gasteiger partial charge in [0.25, 0.3) is 0 Å². The van der Waals surface area contributed by atoms with Crippen molar-refractivity contribution in [2.45, 2.75) is 13.1 Å². The number of hydrogen-bond acceptors (Lipinski definition) is 4. The Morgan fingerprint density at radius 1 is 1.06 bits per heavy atom. The van der Waals surface area contributed by atoms with Crippen molar-refractivity contribution in [3.8, 4) is 0 Å². The maximum Gasteiger partial charge on any atom is 0.147 e. The predicted octanol–water partition coefficient (Wildman–Crippen LogP) is 1.33. The molecule has 0 atom stereocenters. The van der Waals surface area contributed by atoms with Crippen LogP contribution in [-0.2, 0) is 13.1 Å². The van der Waals surface area contributed by atoms with E-state index in [9.17, 15) is 0 Å². The lowest BCUT2D eigenvalue weighted by Gasteiger charge is -2.02. The number of pyridine rings is 1. The van der Waals surface area contributed by atoms with Crippen LogP contribution in [0.25, 0.3) is 11.0 Å². The first-order valence-electron chi connectivity index (χ1n) is 5.77. The zero-order valence-electron chi connectivity index (χ0n) is 9.82. The van der Waals surface area contributed by atoms with Gasteiger partial charge in [0.05, 0.1) is 6.54 Å². The van der Waals surface area contributed by atoms with Crippen molar-refractivity contribution in [3.63, 3.8) is 0 Å². The molecule has 0 aromatic carbocycles. The van der Waals surface area contributed by atoms with Crippen LogP contribution < -0.4 is 5.73 Å². The normalized spacial score (nSPS) is 10.9. The Labute approximate surface area is 104 Å². The number of rotatable bonds is 3. The van der Waals surface area contributed by atoms with Gasteiger partial charge in [-0.15, -0.1) is 0 Å². The molecule has 0 aliphatic carbocycles. The number of aromatic nitrogens is 4. The van der Waals surface area contributed by atoms with Crippen LogP contribution in [0, 0.1) is 0 Å². The second-order valence-electron chi connectivity index (χ2n) is 4.03. The van der Waals surface area contributed by atoms with Crippen LogP contribution in [0.15, 0.2) is 43.0 Å². The summed E-state index contributed by atoms with van der Waals surface area (Å²) < 4.78 is 2.03. The van der Waals surface area contributed by atoms with E-state index in [1.54, 1.807) is 24.7 Å². The Balaban J connectivity index is 2.07. The van der Waals surface area contributed by atoms with Crippen molar-refractivity contribution in [3.05, 3.63) is 54.4 Å². The number of nitrogens with zero attached hydrogens (tertiary/aromatic N) is 4. The molecular weight excluding hydrogens is 226 g/mol. The van der Waals surface area contributed by atoms with Gasteiger partial charge in [0.2, 0.25) is 0 Å². The quantitative estimate of drug-likeness (QED) is 0.748. The third-order valence-corrected chi connectivity index (χ3v) is 2.87. The number of fused-ring (bicyclic) bond motifs is 1. The van der Waals surface area contributed by atoms with Crippen molar-refractivity contribution in [1.82, 2.24) is 19.5 Å². The minimum atomic E-state index is 0.505. The summed E-state index contributed by atoms with van der Waals surface area (Å²) >= 11 is 0. The smallest absolute Gasteiger partial charge is 0.147 e. The van der Waals surface area contributed by atoms with Crippen LogP contribution in [0.2, 0.25) is 0 Å². The lowest BCUT2D eigenvalue weighted by atomic mass is 10.2. The second-order valence-corrected chi connectivity index (χ2v) is 4.03. The predicted molar refractivity (Wildman–Crippen MR) is 68.8 cm³/mol. The van der Waals surface area contributed by atoms with Crippen LogP contribution in [0.4, 0.5) is 0 Å². The molecule has 0 amide bonds. The summed E-state index contributed by atoms with van der Waals surface area (Å²) in [6.07, 6.45) is 7.29. The molecule has 0 saturated carbocycles. The molecule has 0 radical (unpaired) electrons. The van der Waals surface area contributed by atoms with Crippen LogP contribution >= 0.6 is 0 Å². The Kier molecular flexibility index (Phi) is 2.74. The van der Waals surface area contributed by atoms with Gasteiger partial charge in [-0.3, -0.25) is 0 Å². The summed E-state index contributed by atoms with van der Waals surface area (Å²) in [7, 11) is 0. The molecule has 0 aliphatic rings. The zero-order chi connectivity index (χ0) is 12.4. The molecule has 2 N–H and O–H groups in total. The average molecular weight is 239 g/mol. The highest BCUT2D eigenvalue weighted by Gasteiger charge is 2.08. The van der Waals surface area contributed by atoms with E-state index in [2.05, 4.69) is 15.0 Å². The Morgan fingerprint density at radius 2 is 1.83 bits per heavy atom. The maximum absolute atomic E-state index is 5.75. The first-order chi connectivity index (χ1) is 8.88. The van der Waals surface area contributed by atoms with Gasteiger partial charge in [-0.2, -0.15) is 0 Å². The van der Waals surface area contributed by atoms with E-state index in [0.29, 0.717) is 13.1 Å². The molecule has 0 fully saturated rings. The standard InChI is InChI=1S/C13H13N5/c14-7-10-8-18(9-12-15-5-2-6-16-12)13-11(10)3-1-4-17-13/h1-6,8H,7,9,14H2. The molecule has 5 heteroatoms. The lowest BCUT2D eigenvalue weighted by molar-refractivity contribution is 0.760. The second kappa shape index (κ2) is 4.54. The van der Waals surface area contributed by atoms with Crippen molar-refractivity contribution < 1.29 is 0 Å². The average Bonchev–Trinajstić information content (AvgIpc) is 2.78. The van der Waals surface area contributed by atoms with E-state index in [1.165, 1.54) is 0 Å². The lowest BCUT2D eigenvalue weighted by Crippen LogP contribution is -2.03. The largest absolute Gasteiger partial charge is 0.326 e. The van der Waals surface area contributed by atoms with Gasteiger partial charge < -0.3 is 10.3 Å². The molecular formula is C13H13N5. The van der Waals surface area contributed by atoms with E-state index in [-0.39, 0.29) is 0 Å². The van der Waals surface area contributed by atoms with Gasteiger partial charge in [0, 0.05) is 36.7 Å². The topological polar surface area (TPSA) is 69.6 Å². The monoisotopic (exact) mass is 239 g/mol. The van der Waals surface area contributed by atoms with Gasteiger partial charge >= 0.3 is 0 Å². The summed E-state index contributed by atoms with van der Waals surface area (Å²) in [5.74, 6) is 0.767. The SMILES string of the molecule is NCc1cn(Cc2ncccn2)c2ncccc12. The number of nitrogens with two attached hydrogens (primary N) is 1. The van der Waals surface area contributed by atoms with E-state index < -0.39 is 0 Å². The van der Waals surface area contributed by atoms with E-state index >= 15 is 0 Å². The molecule has 3 aromatic rings. The van der Waals surface area contributed by atoms with Crippen molar-refractivity contribution in [2.24, 2.45) is 5.73 Å². The molecule has 5 nitrogen and oxygen atoms in total. The maximum atomic E-state index is 5.75. The zero-order valence-corrected chi connectivity index (χ0v) is 9.82. The first kappa shape index (κ1) is 10.9. The van der Waals surface area contributed by atoms with Crippen LogP contribution in [-0.4, -0.2) is 19.5 Å². The minimum absolute atomic E-state index is 0.505. The van der Waals surface area contributed by atoms with E-state index in [4.69, 9.17) is 5.73 Å². The van der Waals surface area contributed by atoms with E-state index in [0.717, 1.165) is 22.4 Å². The van der Waals surface area contributed by atoms with Gasteiger partial charge in [-0.25, -0.2) is 15.0 Å². The Hall–Kier alpha value is -2.27. The molecule has 3 aromatic heterocycles. The first-order valence-corrected chi connectivity index (χ1v) is 5.77. The summed E-state index contributed by atoms with van der Waals surface area (Å²) in [5.41, 5.74) is 7.76. The molecule has 3 rings (SSSR count). The highest BCUT2D eigenvalue weighted by Crippen LogP contribution is 2.19. The molecule has 18 heavy (non-hydrogen) atoms. The van der Waals surface area contributed by atoms with Gasteiger partial charge in [0.1, 0.15) is 11.5 Å². The molecule has 0 saturated heterocycles. The minimum Gasteiger partial charge on any atom is -0.326 e. The fourth-order valence-corrected chi connectivity index (χ4v) is 2.04. The molecule has 0 aliphatic heterocycles. The van der Waals surface area contributed by atoms with Gasteiger partial charge in [-0.05, 0) is 23.8 Å². The van der Waals surface area contributed by atoms with E-state index in [1.807, 2.05) is 22.9 Å². The highest BCUT2D eigenvalue weighted by molar-refractivity contribution is 5.80. The fraction of sp³-hybridized carbons (Fsp3) is 0.154. The van der Waals surface area contributed by atoms with Crippen LogP contribution in [0.1, 0.15) is 11.4 Å². The number of hydrogen-bond donors (Lipinski definition) is 1. The van der Waals surface area contributed by atoms with Crippen LogP contribution in [0.3, 0.4) is 0 Å². The fourth-order valence-electron chi connectivity index (χ4n) is 2.04. The molecule has 0 spiro atoms. The van der Waals surface area contributed by atoms with Gasteiger partial charge in [-0.1, -0.05) is 0 Å². The van der Waals surface area contributed by atoms with Crippen molar-refractivity contribution >= 4 is 11.0 Å². The van der Waals surface area contributed by atoms with Crippen molar-refractivity contribution in [1.29, 1.82) is 0 Å². The van der Waals surface area contributed by atoms with Crippen LogP contribution in [0.5, 0.6) is 0 Å². The third-order valence-electron chi connectivity index (χ3n) is 2.87. The summed E-state index contributed by atoms with van der Waals surface area (Å²) in [4.78, 5) is 12.8. The molecule has 0 unspecified atom stereocenters. The third kappa shape index (κ3) is 1.84. The molecule has 3 heterocycles. The molecule has 90 valence electrons. The Bertz CT molecular complexity index is 659. The summed E-state index contributed by atoms with van der Waals surface area (Å²) in [5, 5.41) is 1.09. The Morgan fingerprint density at radius 3 is 2.61 bits per heavy atom. The molecule has 0 bridgehead atoms.